The second kappa shape index (κ2) is 7.14. The van der Waals surface area contributed by atoms with E-state index in [2.05, 4.69) is 0 Å². The third kappa shape index (κ3) is 3.59. The van der Waals surface area contributed by atoms with Crippen LogP contribution in [0.2, 0.25) is 0 Å². The fourth-order valence-corrected chi connectivity index (χ4v) is 5.05. The third-order valence-corrected chi connectivity index (χ3v) is 6.72. The minimum atomic E-state index is -3.55. The van der Waals surface area contributed by atoms with Crippen molar-refractivity contribution in [3.05, 3.63) is 108 Å². The molecule has 3 nitrogen and oxygen atoms in total. The van der Waals surface area contributed by atoms with Gasteiger partial charge in [0.2, 0.25) is 10.0 Å². The predicted octanol–water partition coefficient (Wildman–Crippen LogP) is 4.82. The Morgan fingerprint density at radius 3 is 2.04 bits per heavy atom. The topological polar surface area (TPSA) is 37.1 Å². The molecule has 4 rings (SSSR count). The molecule has 1 fully saturated rings. The summed E-state index contributed by atoms with van der Waals surface area (Å²) in [6.45, 7) is 1.95. The Hall–Kier alpha value is -2.69. The molecule has 0 radical (unpaired) electrons. The second-order valence-electron chi connectivity index (χ2n) is 6.76. The minimum Gasteiger partial charge on any atom is -0.207 e. The minimum absolute atomic E-state index is 0.169. The molecular formula is C23H21NO2S. The molecule has 0 N–H and O–H groups in total. The van der Waals surface area contributed by atoms with Crippen molar-refractivity contribution in [3.63, 3.8) is 0 Å². The van der Waals surface area contributed by atoms with Crippen molar-refractivity contribution < 1.29 is 8.42 Å². The Bertz CT molecular complexity index is 1040. The van der Waals surface area contributed by atoms with Gasteiger partial charge in [0.25, 0.3) is 0 Å². The van der Waals surface area contributed by atoms with E-state index < -0.39 is 10.0 Å². The maximum Gasteiger partial charge on any atom is 0.244 e. The summed E-state index contributed by atoms with van der Waals surface area (Å²) < 4.78 is 28.0. The Morgan fingerprint density at radius 2 is 1.41 bits per heavy atom. The van der Waals surface area contributed by atoms with Crippen LogP contribution in [0.25, 0.3) is 6.08 Å². The third-order valence-electron chi connectivity index (χ3n) is 4.82. The SMILES string of the molecule is Cc1ccc(S(=O)(=O)N2C(/C=C/c3ccccc3)C2c2ccccc2)cc1. The van der Waals surface area contributed by atoms with Crippen molar-refractivity contribution in [2.24, 2.45) is 0 Å². The van der Waals surface area contributed by atoms with Crippen LogP contribution >= 0.6 is 0 Å². The fourth-order valence-electron chi connectivity index (χ4n) is 3.33. The molecule has 1 saturated heterocycles. The lowest BCUT2D eigenvalue weighted by atomic mass is 10.1. The first kappa shape index (κ1) is 17.7. The van der Waals surface area contributed by atoms with Crippen LogP contribution < -0.4 is 0 Å². The summed E-state index contributed by atoms with van der Waals surface area (Å²) in [7, 11) is -3.55. The monoisotopic (exact) mass is 375 g/mol. The number of hydrogen-bond donors (Lipinski definition) is 0. The van der Waals surface area contributed by atoms with E-state index in [1.54, 1.807) is 16.4 Å². The molecule has 3 aromatic rings. The summed E-state index contributed by atoms with van der Waals surface area (Å²) in [6, 6.07) is 26.4. The summed E-state index contributed by atoms with van der Waals surface area (Å²) in [4.78, 5) is 0.338. The summed E-state index contributed by atoms with van der Waals surface area (Å²) >= 11 is 0. The standard InChI is InChI=1S/C23H21NO2S/c1-18-12-15-21(16-13-18)27(25,26)24-22(17-14-19-8-4-2-5-9-19)23(24)20-10-6-3-7-11-20/h2-17,22-23H,1H3/b17-14+. The lowest BCUT2D eigenvalue weighted by molar-refractivity contribution is 0.550. The highest BCUT2D eigenvalue weighted by Gasteiger charge is 2.54. The lowest BCUT2D eigenvalue weighted by Crippen LogP contribution is -2.14. The number of sulfonamides is 1. The zero-order chi connectivity index (χ0) is 18.9. The highest BCUT2D eigenvalue weighted by molar-refractivity contribution is 7.89. The fraction of sp³-hybridized carbons (Fsp3) is 0.130. The van der Waals surface area contributed by atoms with Gasteiger partial charge in [-0.15, -0.1) is 0 Å². The second-order valence-corrected chi connectivity index (χ2v) is 8.61. The van der Waals surface area contributed by atoms with Gasteiger partial charge in [-0.1, -0.05) is 90.5 Å². The maximum atomic E-state index is 13.2. The molecular weight excluding hydrogens is 354 g/mol. The summed E-state index contributed by atoms with van der Waals surface area (Å²) in [5.41, 5.74) is 3.11. The van der Waals surface area contributed by atoms with Crippen LogP contribution in [-0.2, 0) is 10.0 Å². The van der Waals surface area contributed by atoms with Gasteiger partial charge in [-0.25, -0.2) is 8.42 Å². The van der Waals surface area contributed by atoms with Crippen LogP contribution in [-0.4, -0.2) is 18.8 Å². The van der Waals surface area contributed by atoms with Crippen molar-refractivity contribution in [2.45, 2.75) is 23.9 Å². The molecule has 0 aromatic heterocycles. The van der Waals surface area contributed by atoms with Crippen LogP contribution in [0.15, 0.2) is 95.9 Å². The van der Waals surface area contributed by atoms with E-state index in [-0.39, 0.29) is 12.1 Å². The van der Waals surface area contributed by atoms with Crippen LogP contribution in [0, 0.1) is 6.92 Å². The Kier molecular flexibility index (Phi) is 4.68. The van der Waals surface area contributed by atoms with Gasteiger partial charge in [0.1, 0.15) is 0 Å². The molecule has 4 heteroatoms. The molecule has 3 atom stereocenters. The van der Waals surface area contributed by atoms with E-state index in [1.807, 2.05) is 91.9 Å². The van der Waals surface area contributed by atoms with Crippen LogP contribution in [0.5, 0.6) is 0 Å². The molecule has 3 aromatic carbocycles. The molecule has 3 unspecified atom stereocenters. The first-order valence-electron chi connectivity index (χ1n) is 8.96. The van der Waals surface area contributed by atoms with Crippen molar-refractivity contribution in [1.29, 1.82) is 0 Å². The number of rotatable bonds is 5. The summed E-state index contributed by atoms with van der Waals surface area (Å²) in [5, 5.41) is 0. The van der Waals surface area contributed by atoms with Gasteiger partial charge in [0.15, 0.2) is 0 Å². The van der Waals surface area contributed by atoms with E-state index in [0.29, 0.717) is 4.90 Å². The number of benzene rings is 3. The Balaban J connectivity index is 1.68. The average Bonchev–Trinajstić information content (AvgIpc) is 3.44. The van der Waals surface area contributed by atoms with Gasteiger partial charge < -0.3 is 0 Å². The summed E-state index contributed by atoms with van der Waals surface area (Å²) in [5.74, 6) is 0. The quantitative estimate of drug-likeness (QED) is 0.600. The van der Waals surface area contributed by atoms with E-state index in [0.717, 1.165) is 16.7 Å². The molecule has 1 aliphatic heterocycles. The van der Waals surface area contributed by atoms with E-state index in [1.165, 1.54) is 0 Å². The van der Waals surface area contributed by atoms with Crippen molar-refractivity contribution in [2.75, 3.05) is 0 Å². The number of aryl methyl sites for hydroxylation is 1. The highest BCUT2D eigenvalue weighted by Crippen LogP contribution is 2.48. The Labute approximate surface area is 160 Å². The molecule has 27 heavy (non-hydrogen) atoms. The highest BCUT2D eigenvalue weighted by atomic mass is 32.2. The first-order chi connectivity index (χ1) is 13.1. The van der Waals surface area contributed by atoms with Crippen molar-refractivity contribution in [1.82, 2.24) is 4.31 Å². The number of hydrogen-bond acceptors (Lipinski definition) is 2. The van der Waals surface area contributed by atoms with Gasteiger partial charge in [0, 0.05) is 0 Å². The van der Waals surface area contributed by atoms with E-state index >= 15 is 0 Å². The van der Waals surface area contributed by atoms with Gasteiger partial charge in [-0.05, 0) is 30.2 Å². The van der Waals surface area contributed by atoms with Gasteiger partial charge in [-0.3, -0.25) is 0 Å². The van der Waals surface area contributed by atoms with Gasteiger partial charge >= 0.3 is 0 Å². The largest absolute Gasteiger partial charge is 0.244 e. The molecule has 0 bridgehead atoms. The van der Waals surface area contributed by atoms with Gasteiger partial charge in [0.05, 0.1) is 17.0 Å². The normalized spacial score (nSPS) is 22.0. The van der Waals surface area contributed by atoms with Crippen LogP contribution in [0.3, 0.4) is 0 Å². The van der Waals surface area contributed by atoms with Crippen LogP contribution in [0.1, 0.15) is 22.7 Å². The smallest absolute Gasteiger partial charge is 0.207 e. The molecule has 136 valence electrons. The zero-order valence-corrected chi connectivity index (χ0v) is 15.9. The summed E-state index contributed by atoms with van der Waals surface area (Å²) in [6.07, 6.45) is 3.98. The van der Waals surface area contributed by atoms with E-state index in [4.69, 9.17) is 0 Å². The molecule has 0 spiro atoms. The lowest BCUT2D eigenvalue weighted by Gasteiger charge is -2.07. The molecule has 1 heterocycles. The maximum absolute atomic E-state index is 13.2. The van der Waals surface area contributed by atoms with Crippen molar-refractivity contribution >= 4 is 16.1 Å². The average molecular weight is 375 g/mol. The Morgan fingerprint density at radius 1 is 0.815 bits per heavy atom. The number of nitrogens with zero attached hydrogens (tertiary/aromatic N) is 1. The van der Waals surface area contributed by atoms with Crippen molar-refractivity contribution in [3.8, 4) is 0 Å². The molecule has 0 aliphatic carbocycles. The molecule has 1 aliphatic rings. The van der Waals surface area contributed by atoms with E-state index in [9.17, 15) is 8.42 Å². The first-order valence-corrected chi connectivity index (χ1v) is 10.4. The van der Waals surface area contributed by atoms with Crippen LogP contribution in [0.4, 0.5) is 0 Å². The van der Waals surface area contributed by atoms with Gasteiger partial charge in [-0.2, -0.15) is 4.31 Å². The zero-order valence-electron chi connectivity index (χ0n) is 15.1. The molecule has 0 saturated carbocycles. The predicted molar refractivity (Wildman–Crippen MR) is 109 cm³/mol. The molecule has 0 amide bonds.